The molecule has 16 heavy (non-hydrogen) atoms. The molecule has 6 heteroatoms. The number of carbonyl (C=O) groups excluding carboxylic acids is 1. The van der Waals surface area contributed by atoms with Gasteiger partial charge in [0.05, 0.1) is 6.10 Å². The van der Waals surface area contributed by atoms with Gasteiger partial charge in [-0.2, -0.15) is 12.6 Å². The van der Waals surface area contributed by atoms with Crippen molar-refractivity contribution in [1.29, 1.82) is 0 Å². The molecule has 1 saturated heterocycles. The molecule has 0 spiro atoms. The predicted octanol–water partition coefficient (Wildman–Crippen LogP) is 0.253. The van der Waals surface area contributed by atoms with Crippen molar-refractivity contribution >= 4 is 24.5 Å². The summed E-state index contributed by atoms with van der Waals surface area (Å²) in [6.07, 6.45) is 0.175. The second-order valence-corrected chi connectivity index (χ2v) is 4.39. The van der Waals surface area contributed by atoms with Crippen LogP contribution >= 0.6 is 12.6 Å². The zero-order chi connectivity index (χ0) is 12.3. The number of hydrogen-bond acceptors (Lipinski definition) is 4. The van der Waals surface area contributed by atoms with Gasteiger partial charge in [-0.05, 0) is 0 Å². The molecule has 0 saturated carbocycles. The quantitative estimate of drug-likeness (QED) is 0.699. The molecule has 1 aliphatic heterocycles. The first-order valence-corrected chi connectivity index (χ1v) is 5.81. The Balaban J connectivity index is 2.76. The molecule has 1 rings (SSSR count). The van der Waals surface area contributed by atoms with Crippen LogP contribution in [0.15, 0.2) is 0 Å². The Hall–Kier alpha value is -0.750. The lowest BCUT2D eigenvalue weighted by Gasteiger charge is -2.23. The summed E-state index contributed by atoms with van der Waals surface area (Å²) in [5.74, 6) is -0.985. The molecule has 0 aromatic carbocycles. The second-order valence-electron chi connectivity index (χ2n) is 4.02. The monoisotopic (exact) mass is 247 g/mol. The van der Waals surface area contributed by atoms with Crippen LogP contribution in [0.25, 0.3) is 0 Å². The number of likely N-dealkylation sites (tertiary alicyclic amines) is 1. The van der Waals surface area contributed by atoms with E-state index in [0.29, 0.717) is 18.7 Å². The first-order valence-electron chi connectivity index (χ1n) is 5.18. The first kappa shape index (κ1) is 13.3. The summed E-state index contributed by atoms with van der Waals surface area (Å²) in [4.78, 5) is 24.3. The molecule has 0 aromatic heterocycles. The number of carboxylic acid groups (broad SMARTS) is 1. The van der Waals surface area contributed by atoms with Gasteiger partial charge in [0.25, 0.3) is 0 Å². The minimum absolute atomic E-state index is 0.165. The molecule has 0 bridgehead atoms. The summed E-state index contributed by atoms with van der Waals surface area (Å²) in [5, 5.41) is 9.03. The molecule has 1 fully saturated rings. The molecule has 1 aliphatic rings. The van der Waals surface area contributed by atoms with Crippen molar-refractivity contribution in [2.45, 2.75) is 25.5 Å². The van der Waals surface area contributed by atoms with E-state index < -0.39 is 12.0 Å². The van der Waals surface area contributed by atoms with Crippen LogP contribution in [0, 0.1) is 5.92 Å². The maximum atomic E-state index is 11.9. The fourth-order valence-electron chi connectivity index (χ4n) is 1.81. The number of aliphatic carboxylic acids is 1. The molecule has 1 N–H and O–H groups in total. The Morgan fingerprint density at radius 3 is 2.69 bits per heavy atom. The van der Waals surface area contributed by atoms with Gasteiger partial charge < -0.3 is 14.7 Å². The van der Waals surface area contributed by atoms with E-state index in [9.17, 15) is 9.59 Å². The van der Waals surface area contributed by atoms with Crippen LogP contribution in [0.2, 0.25) is 0 Å². The predicted molar refractivity (Wildman–Crippen MR) is 61.6 cm³/mol. The summed E-state index contributed by atoms with van der Waals surface area (Å²) in [6, 6.07) is -0.764. The van der Waals surface area contributed by atoms with Gasteiger partial charge in [0, 0.05) is 31.7 Å². The summed E-state index contributed by atoms with van der Waals surface area (Å²) in [6.45, 7) is 2.10. The highest BCUT2D eigenvalue weighted by atomic mass is 32.1. The largest absolute Gasteiger partial charge is 0.480 e. The maximum absolute atomic E-state index is 11.9. The van der Waals surface area contributed by atoms with E-state index >= 15 is 0 Å². The molecule has 3 atom stereocenters. The van der Waals surface area contributed by atoms with Gasteiger partial charge in [0.15, 0.2) is 0 Å². The van der Waals surface area contributed by atoms with Crippen molar-refractivity contribution in [3.05, 3.63) is 0 Å². The Kier molecular flexibility index (Phi) is 4.61. The Bertz CT molecular complexity index is 284. The third-order valence-electron chi connectivity index (χ3n) is 2.86. The summed E-state index contributed by atoms with van der Waals surface area (Å²) >= 11 is 4.05. The lowest BCUT2D eigenvalue weighted by Crippen LogP contribution is -2.43. The fraction of sp³-hybridized carbons (Fsp3) is 0.800. The normalized spacial score (nSPS) is 26.8. The van der Waals surface area contributed by atoms with Crippen molar-refractivity contribution in [1.82, 2.24) is 4.90 Å². The van der Waals surface area contributed by atoms with Crippen molar-refractivity contribution in [3.8, 4) is 0 Å². The van der Waals surface area contributed by atoms with Gasteiger partial charge in [-0.1, -0.05) is 6.92 Å². The van der Waals surface area contributed by atoms with Crippen LogP contribution < -0.4 is 0 Å². The summed E-state index contributed by atoms with van der Waals surface area (Å²) in [5.41, 5.74) is 0. The average Bonchev–Trinajstić information content (AvgIpc) is 2.71. The minimum atomic E-state index is -0.973. The van der Waals surface area contributed by atoms with Crippen LogP contribution in [0.5, 0.6) is 0 Å². The average molecular weight is 247 g/mol. The van der Waals surface area contributed by atoms with Gasteiger partial charge in [0.2, 0.25) is 5.91 Å². The second kappa shape index (κ2) is 5.54. The Morgan fingerprint density at radius 1 is 1.62 bits per heavy atom. The molecule has 0 radical (unpaired) electrons. The number of amides is 1. The zero-order valence-corrected chi connectivity index (χ0v) is 10.3. The first-order chi connectivity index (χ1) is 7.51. The maximum Gasteiger partial charge on any atom is 0.326 e. The molecular weight excluding hydrogens is 230 g/mol. The van der Waals surface area contributed by atoms with E-state index in [1.54, 1.807) is 6.92 Å². The van der Waals surface area contributed by atoms with Gasteiger partial charge in [-0.15, -0.1) is 0 Å². The highest BCUT2D eigenvalue weighted by Gasteiger charge is 2.40. The third kappa shape index (κ3) is 2.68. The van der Waals surface area contributed by atoms with Gasteiger partial charge in [-0.3, -0.25) is 4.79 Å². The zero-order valence-electron chi connectivity index (χ0n) is 9.42. The SMILES string of the molecule is CO[C@@H]1C[C@@H](C(=O)O)N(C(=O)C(C)CS)C1. The summed E-state index contributed by atoms with van der Waals surface area (Å²) < 4.78 is 5.11. The number of nitrogens with zero attached hydrogens (tertiary/aromatic N) is 1. The summed E-state index contributed by atoms with van der Waals surface area (Å²) in [7, 11) is 1.53. The van der Waals surface area contributed by atoms with Gasteiger partial charge >= 0.3 is 5.97 Å². The lowest BCUT2D eigenvalue weighted by atomic mass is 10.1. The van der Waals surface area contributed by atoms with Gasteiger partial charge in [0.1, 0.15) is 6.04 Å². The van der Waals surface area contributed by atoms with E-state index in [1.807, 2.05) is 0 Å². The molecule has 92 valence electrons. The van der Waals surface area contributed by atoms with Crippen LogP contribution in [0.1, 0.15) is 13.3 Å². The van der Waals surface area contributed by atoms with Crippen molar-refractivity contribution in [3.63, 3.8) is 0 Å². The van der Waals surface area contributed by atoms with Crippen LogP contribution in [0.4, 0.5) is 0 Å². The number of ether oxygens (including phenoxy) is 1. The molecule has 0 aromatic rings. The van der Waals surface area contributed by atoms with Crippen LogP contribution in [-0.2, 0) is 14.3 Å². The number of hydrogen-bond donors (Lipinski definition) is 2. The number of carbonyl (C=O) groups is 2. The standard InChI is InChI=1S/C10H17NO4S/c1-6(5-16)9(12)11-4-7(15-2)3-8(11)10(13)14/h6-8,16H,3-5H2,1-2H3,(H,13,14)/t6?,7-,8+/m1/s1. The van der Waals surface area contributed by atoms with Crippen LogP contribution in [-0.4, -0.2) is 53.4 Å². The fourth-order valence-corrected chi connectivity index (χ4v) is 1.96. The van der Waals surface area contributed by atoms with Gasteiger partial charge in [-0.25, -0.2) is 4.79 Å². The molecule has 0 aliphatic carbocycles. The molecule has 5 nitrogen and oxygen atoms in total. The van der Waals surface area contributed by atoms with E-state index in [1.165, 1.54) is 12.0 Å². The molecular formula is C10H17NO4S. The van der Waals surface area contributed by atoms with Crippen molar-refractivity contribution < 1.29 is 19.4 Å². The van der Waals surface area contributed by atoms with Crippen molar-refractivity contribution in [2.24, 2.45) is 5.92 Å². The molecule has 1 unspecified atom stereocenters. The Labute approximate surface area is 100 Å². The van der Waals surface area contributed by atoms with E-state index in [4.69, 9.17) is 9.84 Å². The highest BCUT2D eigenvalue weighted by molar-refractivity contribution is 7.80. The number of methoxy groups -OCH3 is 1. The number of carboxylic acids is 1. The highest BCUT2D eigenvalue weighted by Crippen LogP contribution is 2.22. The molecule has 1 amide bonds. The third-order valence-corrected chi connectivity index (χ3v) is 3.41. The minimum Gasteiger partial charge on any atom is -0.480 e. The Morgan fingerprint density at radius 2 is 2.25 bits per heavy atom. The van der Waals surface area contributed by atoms with E-state index in [0.717, 1.165) is 0 Å². The number of thiol groups is 1. The topological polar surface area (TPSA) is 66.8 Å². The van der Waals surface area contributed by atoms with Crippen molar-refractivity contribution in [2.75, 3.05) is 19.4 Å². The van der Waals surface area contributed by atoms with Crippen LogP contribution in [0.3, 0.4) is 0 Å². The van der Waals surface area contributed by atoms with E-state index in [-0.39, 0.29) is 17.9 Å². The number of rotatable bonds is 4. The smallest absolute Gasteiger partial charge is 0.326 e. The lowest BCUT2D eigenvalue weighted by molar-refractivity contribution is -0.149. The van der Waals surface area contributed by atoms with E-state index in [2.05, 4.69) is 12.6 Å². The molecule has 1 heterocycles.